The summed E-state index contributed by atoms with van der Waals surface area (Å²) in [6.45, 7) is 9.40. The van der Waals surface area contributed by atoms with Crippen molar-refractivity contribution >= 4 is 5.91 Å². The third-order valence-corrected chi connectivity index (χ3v) is 3.63. The van der Waals surface area contributed by atoms with Crippen LogP contribution in [0.2, 0.25) is 0 Å². The van der Waals surface area contributed by atoms with Crippen molar-refractivity contribution in [3.8, 4) is 0 Å². The van der Waals surface area contributed by atoms with Gasteiger partial charge in [0, 0.05) is 19.1 Å². The second-order valence-corrected chi connectivity index (χ2v) is 6.79. The molecule has 0 aromatic heterocycles. The molecule has 1 saturated heterocycles. The van der Waals surface area contributed by atoms with Crippen LogP contribution in [0.4, 0.5) is 0 Å². The van der Waals surface area contributed by atoms with Gasteiger partial charge in [0.15, 0.2) is 0 Å². The Morgan fingerprint density at radius 1 is 1.37 bits per heavy atom. The monoisotopic (exact) mass is 269 g/mol. The van der Waals surface area contributed by atoms with Crippen molar-refractivity contribution in [2.45, 2.75) is 39.7 Å². The number of likely N-dealkylation sites (N-methyl/N-ethyl adjacent to an activating group) is 1. The van der Waals surface area contributed by atoms with Crippen molar-refractivity contribution in [2.24, 2.45) is 17.8 Å². The maximum Gasteiger partial charge on any atom is 0.224 e. The van der Waals surface area contributed by atoms with Crippen molar-refractivity contribution < 1.29 is 4.79 Å². The molecule has 0 aliphatic carbocycles. The molecule has 1 rings (SSSR count). The molecule has 1 aliphatic rings. The Balaban J connectivity index is 2.49. The highest BCUT2D eigenvalue weighted by Crippen LogP contribution is 2.16. The Morgan fingerprint density at radius 2 is 2.05 bits per heavy atom. The molecular formula is C15H31N3O. The summed E-state index contributed by atoms with van der Waals surface area (Å²) in [5, 5.41) is 6.60. The van der Waals surface area contributed by atoms with Gasteiger partial charge in [0.05, 0.1) is 5.92 Å². The zero-order valence-electron chi connectivity index (χ0n) is 13.2. The number of rotatable bonds is 6. The Hall–Kier alpha value is -0.610. The molecule has 112 valence electrons. The smallest absolute Gasteiger partial charge is 0.224 e. The Bertz CT molecular complexity index is 269. The van der Waals surface area contributed by atoms with Gasteiger partial charge in [0.1, 0.15) is 0 Å². The topological polar surface area (TPSA) is 44.4 Å². The van der Waals surface area contributed by atoms with Crippen LogP contribution in [0, 0.1) is 17.8 Å². The maximum atomic E-state index is 12.3. The molecule has 1 fully saturated rings. The molecule has 19 heavy (non-hydrogen) atoms. The van der Waals surface area contributed by atoms with E-state index < -0.39 is 0 Å². The summed E-state index contributed by atoms with van der Waals surface area (Å²) in [5.74, 6) is 1.57. The lowest BCUT2D eigenvalue weighted by Crippen LogP contribution is -2.49. The summed E-state index contributed by atoms with van der Waals surface area (Å²) in [5.41, 5.74) is 0. The minimum Gasteiger partial charge on any atom is -0.352 e. The predicted octanol–water partition coefficient (Wildman–Crippen LogP) is 1.32. The van der Waals surface area contributed by atoms with Gasteiger partial charge in [-0.15, -0.1) is 0 Å². The Labute approximate surface area is 118 Å². The van der Waals surface area contributed by atoms with E-state index in [1.54, 1.807) is 0 Å². The van der Waals surface area contributed by atoms with E-state index in [4.69, 9.17) is 0 Å². The number of hydrogen-bond donors (Lipinski definition) is 2. The lowest BCUT2D eigenvalue weighted by atomic mass is 9.90. The van der Waals surface area contributed by atoms with E-state index in [0.717, 1.165) is 32.5 Å². The quantitative estimate of drug-likeness (QED) is 0.764. The van der Waals surface area contributed by atoms with Gasteiger partial charge in [0.2, 0.25) is 5.91 Å². The van der Waals surface area contributed by atoms with Gasteiger partial charge in [-0.05, 0) is 45.3 Å². The zero-order chi connectivity index (χ0) is 14.4. The third kappa shape index (κ3) is 6.39. The first-order valence-electron chi connectivity index (χ1n) is 7.54. The van der Waals surface area contributed by atoms with Gasteiger partial charge in [0.25, 0.3) is 0 Å². The van der Waals surface area contributed by atoms with Gasteiger partial charge in [-0.2, -0.15) is 0 Å². The second kappa shape index (κ2) is 7.85. The molecule has 0 radical (unpaired) electrons. The summed E-state index contributed by atoms with van der Waals surface area (Å²) < 4.78 is 0. The van der Waals surface area contributed by atoms with Crippen LogP contribution < -0.4 is 10.6 Å². The lowest BCUT2D eigenvalue weighted by molar-refractivity contribution is -0.126. The molecule has 2 N–H and O–H groups in total. The largest absolute Gasteiger partial charge is 0.352 e. The van der Waals surface area contributed by atoms with E-state index in [1.807, 2.05) is 0 Å². The van der Waals surface area contributed by atoms with Gasteiger partial charge < -0.3 is 15.5 Å². The van der Waals surface area contributed by atoms with Crippen molar-refractivity contribution in [2.75, 3.05) is 33.7 Å². The molecule has 0 saturated carbocycles. The van der Waals surface area contributed by atoms with E-state index in [9.17, 15) is 4.79 Å². The van der Waals surface area contributed by atoms with Crippen molar-refractivity contribution in [1.82, 2.24) is 15.5 Å². The van der Waals surface area contributed by atoms with E-state index in [0.29, 0.717) is 11.8 Å². The third-order valence-electron chi connectivity index (χ3n) is 3.63. The van der Waals surface area contributed by atoms with Crippen LogP contribution in [0.25, 0.3) is 0 Å². The summed E-state index contributed by atoms with van der Waals surface area (Å²) >= 11 is 0. The first kappa shape index (κ1) is 16.4. The van der Waals surface area contributed by atoms with Crippen molar-refractivity contribution in [3.63, 3.8) is 0 Å². The summed E-state index contributed by atoms with van der Waals surface area (Å²) in [6.07, 6.45) is 2.05. The first-order valence-corrected chi connectivity index (χ1v) is 7.54. The normalized spacial score (nSPS) is 25.6. The van der Waals surface area contributed by atoms with Crippen LogP contribution in [-0.2, 0) is 4.79 Å². The molecule has 4 nitrogen and oxygen atoms in total. The molecule has 0 spiro atoms. The zero-order valence-corrected chi connectivity index (χ0v) is 13.2. The van der Waals surface area contributed by atoms with Crippen molar-refractivity contribution in [1.29, 1.82) is 0 Å². The number of nitrogens with one attached hydrogen (secondary N) is 2. The van der Waals surface area contributed by atoms with Crippen LogP contribution in [0.3, 0.4) is 0 Å². The fourth-order valence-corrected chi connectivity index (χ4v) is 2.86. The van der Waals surface area contributed by atoms with Gasteiger partial charge in [-0.1, -0.05) is 20.8 Å². The minimum absolute atomic E-state index is 0.139. The molecule has 0 aromatic rings. The fourth-order valence-electron chi connectivity index (χ4n) is 2.86. The minimum atomic E-state index is 0.139. The molecule has 1 aliphatic heterocycles. The maximum absolute atomic E-state index is 12.3. The lowest BCUT2D eigenvalue weighted by Gasteiger charge is -2.30. The average Bonchev–Trinajstić information content (AvgIpc) is 2.26. The van der Waals surface area contributed by atoms with Crippen LogP contribution in [0.15, 0.2) is 0 Å². The highest BCUT2D eigenvalue weighted by Gasteiger charge is 2.26. The van der Waals surface area contributed by atoms with E-state index >= 15 is 0 Å². The molecule has 4 heteroatoms. The average molecular weight is 269 g/mol. The van der Waals surface area contributed by atoms with E-state index in [1.165, 1.54) is 0 Å². The number of carbonyl (C=O) groups is 1. The number of amides is 1. The van der Waals surface area contributed by atoms with Gasteiger partial charge in [-0.25, -0.2) is 0 Å². The second-order valence-electron chi connectivity index (χ2n) is 6.79. The molecular weight excluding hydrogens is 238 g/mol. The molecule has 1 amide bonds. The molecule has 3 unspecified atom stereocenters. The number of nitrogens with zero attached hydrogens (tertiary/aromatic N) is 1. The van der Waals surface area contributed by atoms with Gasteiger partial charge >= 0.3 is 0 Å². The highest BCUT2D eigenvalue weighted by atomic mass is 16.2. The van der Waals surface area contributed by atoms with Crippen molar-refractivity contribution in [3.05, 3.63) is 0 Å². The summed E-state index contributed by atoms with van der Waals surface area (Å²) in [6, 6.07) is 0.264. The number of piperidine rings is 1. The molecule has 0 aromatic carbocycles. The summed E-state index contributed by atoms with van der Waals surface area (Å²) in [7, 11) is 4.12. The van der Waals surface area contributed by atoms with Crippen LogP contribution >= 0.6 is 0 Å². The first-order chi connectivity index (χ1) is 8.88. The van der Waals surface area contributed by atoms with Crippen LogP contribution in [0.1, 0.15) is 33.6 Å². The van der Waals surface area contributed by atoms with E-state index in [2.05, 4.69) is 50.4 Å². The predicted molar refractivity (Wildman–Crippen MR) is 80.1 cm³/mol. The SMILES string of the molecule is CC(C)CC(CN(C)C)NC(=O)C1CNCC(C)C1. The fraction of sp³-hybridized carbons (Fsp3) is 0.933. The summed E-state index contributed by atoms with van der Waals surface area (Å²) in [4.78, 5) is 14.5. The molecule has 3 atom stereocenters. The standard InChI is InChI=1S/C15H31N3O/c1-11(2)6-14(10-18(4)5)17-15(19)13-7-12(3)8-16-9-13/h11-14,16H,6-10H2,1-5H3,(H,17,19). The van der Waals surface area contributed by atoms with Crippen LogP contribution in [-0.4, -0.2) is 50.6 Å². The number of hydrogen-bond acceptors (Lipinski definition) is 3. The van der Waals surface area contributed by atoms with Crippen LogP contribution in [0.5, 0.6) is 0 Å². The Morgan fingerprint density at radius 3 is 2.58 bits per heavy atom. The Kier molecular flexibility index (Phi) is 6.80. The molecule has 1 heterocycles. The number of carbonyl (C=O) groups excluding carboxylic acids is 1. The highest BCUT2D eigenvalue weighted by molar-refractivity contribution is 5.79. The van der Waals surface area contributed by atoms with Gasteiger partial charge in [-0.3, -0.25) is 4.79 Å². The molecule has 0 bridgehead atoms. The van der Waals surface area contributed by atoms with E-state index in [-0.39, 0.29) is 17.9 Å².